The van der Waals surface area contributed by atoms with E-state index in [1.807, 2.05) is 0 Å². The molecule has 0 aromatic carbocycles. The molecule has 1 aliphatic rings. The number of pyridine rings is 1. The van der Waals surface area contributed by atoms with Gasteiger partial charge >= 0.3 is 12.0 Å². The monoisotopic (exact) mass is 365 g/mol. The van der Waals surface area contributed by atoms with Crippen LogP contribution in [0.2, 0.25) is 0 Å². The minimum atomic E-state index is -0.436. The molecule has 8 heteroatoms. The average molecular weight is 365 g/mol. The van der Waals surface area contributed by atoms with Crippen molar-refractivity contribution in [1.82, 2.24) is 10.3 Å². The molecular weight excluding hydrogens is 336 g/mol. The molecule has 0 aliphatic carbocycles. The van der Waals surface area contributed by atoms with Gasteiger partial charge in [-0.1, -0.05) is 0 Å². The van der Waals surface area contributed by atoms with E-state index < -0.39 is 5.97 Å². The van der Waals surface area contributed by atoms with Crippen molar-refractivity contribution < 1.29 is 24.0 Å². The highest BCUT2D eigenvalue weighted by Gasteiger charge is 2.16. The predicted octanol–water partition coefficient (Wildman–Crippen LogP) is 0.302. The lowest BCUT2D eigenvalue weighted by molar-refractivity contribution is -0.908. The van der Waals surface area contributed by atoms with Gasteiger partial charge in [-0.15, -0.1) is 0 Å². The second kappa shape index (κ2) is 10.1. The summed E-state index contributed by atoms with van der Waals surface area (Å²) in [7, 11) is 0. The number of ether oxygens (including phenoxy) is 2. The predicted molar refractivity (Wildman–Crippen MR) is 97.7 cm³/mol. The van der Waals surface area contributed by atoms with Crippen molar-refractivity contribution in [3.05, 3.63) is 23.0 Å². The first-order valence-electron chi connectivity index (χ1n) is 9.12. The number of urea groups is 1. The first-order chi connectivity index (χ1) is 12.5. The van der Waals surface area contributed by atoms with Gasteiger partial charge in [0.05, 0.1) is 49.0 Å². The summed E-state index contributed by atoms with van der Waals surface area (Å²) >= 11 is 0. The number of morpholine rings is 1. The molecule has 0 unspecified atom stereocenters. The topological polar surface area (TPSA) is 94.0 Å². The smallest absolute Gasteiger partial charge is 0.340 e. The van der Waals surface area contributed by atoms with E-state index >= 15 is 0 Å². The zero-order valence-corrected chi connectivity index (χ0v) is 15.8. The van der Waals surface area contributed by atoms with E-state index in [1.165, 1.54) is 4.90 Å². The summed E-state index contributed by atoms with van der Waals surface area (Å²) in [5, 5.41) is 5.61. The maximum Gasteiger partial charge on any atom is 0.340 e. The summed E-state index contributed by atoms with van der Waals surface area (Å²) in [5.74, 6) is -0.436. The largest absolute Gasteiger partial charge is 0.462 e. The van der Waals surface area contributed by atoms with E-state index in [0.29, 0.717) is 35.8 Å². The Hall–Kier alpha value is -2.19. The first kappa shape index (κ1) is 20.1. The molecule has 2 heterocycles. The van der Waals surface area contributed by atoms with Crippen LogP contribution >= 0.6 is 0 Å². The summed E-state index contributed by atoms with van der Waals surface area (Å²) in [6, 6.07) is 1.32. The fraction of sp³-hybridized carbons (Fsp3) is 0.611. The number of amides is 2. The van der Waals surface area contributed by atoms with E-state index in [2.05, 4.69) is 15.6 Å². The number of rotatable bonds is 7. The van der Waals surface area contributed by atoms with Gasteiger partial charge in [-0.05, 0) is 26.8 Å². The molecule has 0 saturated carbocycles. The lowest BCUT2D eigenvalue weighted by Crippen LogP contribution is -3.14. The molecule has 2 amide bonds. The van der Waals surface area contributed by atoms with Gasteiger partial charge in [0.25, 0.3) is 0 Å². The highest BCUT2D eigenvalue weighted by Crippen LogP contribution is 2.18. The summed E-state index contributed by atoms with van der Waals surface area (Å²) in [6.45, 7) is 10.9. The van der Waals surface area contributed by atoms with Crippen molar-refractivity contribution in [2.24, 2.45) is 0 Å². The Bertz CT molecular complexity index is 630. The Labute approximate surface area is 154 Å². The molecule has 0 radical (unpaired) electrons. The lowest BCUT2D eigenvalue weighted by atomic mass is 10.1. The van der Waals surface area contributed by atoms with E-state index in [9.17, 15) is 9.59 Å². The van der Waals surface area contributed by atoms with Crippen molar-refractivity contribution in [3.63, 3.8) is 0 Å². The van der Waals surface area contributed by atoms with Crippen LogP contribution in [-0.2, 0) is 9.47 Å². The molecule has 8 nitrogen and oxygen atoms in total. The summed E-state index contributed by atoms with van der Waals surface area (Å²) in [4.78, 5) is 29.9. The summed E-state index contributed by atoms with van der Waals surface area (Å²) in [5.41, 5.74) is 2.11. The minimum absolute atomic E-state index is 0.292. The molecule has 144 valence electrons. The molecule has 1 aromatic heterocycles. The second-order valence-corrected chi connectivity index (χ2v) is 6.32. The summed E-state index contributed by atoms with van der Waals surface area (Å²) < 4.78 is 10.4. The van der Waals surface area contributed by atoms with Gasteiger partial charge in [0.1, 0.15) is 13.1 Å². The highest BCUT2D eigenvalue weighted by atomic mass is 16.5. The van der Waals surface area contributed by atoms with Crippen molar-refractivity contribution >= 4 is 17.7 Å². The minimum Gasteiger partial charge on any atom is -0.462 e. The molecular formula is C18H29N4O4+. The maximum atomic E-state index is 12.1. The van der Waals surface area contributed by atoms with Crippen LogP contribution in [0.1, 0.15) is 35.1 Å². The molecule has 1 aromatic rings. The van der Waals surface area contributed by atoms with Crippen molar-refractivity contribution in [2.75, 3.05) is 51.3 Å². The molecule has 1 saturated heterocycles. The van der Waals surface area contributed by atoms with Gasteiger partial charge in [-0.2, -0.15) is 0 Å². The average Bonchev–Trinajstić information content (AvgIpc) is 2.62. The third kappa shape index (κ3) is 5.96. The van der Waals surface area contributed by atoms with Gasteiger partial charge < -0.3 is 25.0 Å². The zero-order valence-electron chi connectivity index (χ0n) is 15.8. The van der Waals surface area contributed by atoms with Crippen LogP contribution in [0.5, 0.6) is 0 Å². The number of nitrogens with one attached hydrogen (secondary N) is 3. The van der Waals surface area contributed by atoms with Crippen LogP contribution in [0.25, 0.3) is 0 Å². The standard InChI is InChI=1S/C18H28N4O4/c1-4-26-17(23)15-12-16(14(3)20-13(15)2)21-18(24)19-6-5-7-22-8-10-25-11-9-22/h12H,4-11H2,1-3H3,(H2,19,21,24)/p+1. The van der Waals surface area contributed by atoms with Gasteiger partial charge in [0.2, 0.25) is 0 Å². The quantitative estimate of drug-likeness (QED) is 0.477. The van der Waals surface area contributed by atoms with E-state index in [0.717, 1.165) is 39.3 Å². The first-order valence-corrected chi connectivity index (χ1v) is 9.12. The number of hydrogen-bond donors (Lipinski definition) is 3. The Morgan fingerprint density at radius 3 is 2.69 bits per heavy atom. The zero-order chi connectivity index (χ0) is 18.9. The van der Waals surface area contributed by atoms with Crippen LogP contribution in [0, 0.1) is 13.8 Å². The van der Waals surface area contributed by atoms with Crippen molar-refractivity contribution in [1.29, 1.82) is 0 Å². The fourth-order valence-electron chi connectivity index (χ4n) is 2.88. The molecule has 26 heavy (non-hydrogen) atoms. The van der Waals surface area contributed by atoms with Crippen molar-refractivity contribution in [2.45, 2.75) is 27.2 Å². The molecule has 1 aliphatic heterocycles. The fourth-order valence-corrected chi connectivity index (χ4v) is 2.88. The molecule has 2 rings (SSSR count). The Balaban J connectivity index is 1.83. The van der Waals surface area contributed by atoms with E-state index in [4.69, 9.17) is 9.47 Å². The number of aromatic nitrogens is 1. The number of carbonyl (C=O) groups is 2. The summed E-state index contributed by atoms with van der Waals surface area (Å²) in [6.07, 6.45) is 0.905. The van der Waals surface area contributed by atoms with Gasteiger partial charge in [0.15, 0.2) is 0 Å². The third-order valence-electron chi connectivity index (χ3n) is 4.34. The van der Waals surface area contributed by atoms with Gasteiger partial charge in [-0.3, -0.25) is 4.98 Å². The number of nitrogens with zero attached hydrogens (tertiary/aromatic N) is 1. The number of anilines is 1. The van der Waals surface area contributed by atoms with Gasteiger partial charge in [0, 0.05) is 13.0 Å². The maximum absolute atomic E-state index is 12.1. The number of quaternary nitrogens is 1. The Morgan fingerprint density at radius 2 is 2.00 bits per heavy atom. The Morgan fingerprint density at radius 1 is 1.27 bits per heavy atom. The third-order valence-corrected chi connectivity index (χ3v) is 4.34. The van der Waals surface area contributed by atoms with Crippen LogP contribution < -0.4 is 15.5 Å². The Kier molecular flexibility index (Phi) is 7.80. The van der Waals surface area contributed by atoms with Gasteiger partial charge in [-0.25, -0.2) is 9.59 Å². The molecule has 0 spiro atoms. The molecule has 3 N–H and O–H groups in total. The van der Waals surface area contributed by atoms with E-state index in [1.54, 1.807) is 26.8 Å². The number of esters is 1. The highest BCUT2D eigenvalue weighted by molar-refractivity contribution is 5.95. The number of aryl methyl sites for hydroxylation is 2. The van der Waals surface area contributed by atoms with Crippen molar-refractivity contribution in [3.8, 4) is 0 Å². The van der Waals surface area contributed by atoms with Crippen LogP contribution in [0.15, 0.2) is 6.07 Å². The second-order valence-electron chi connectivity index (χ2n) is 6.32. The molecule has 0 bridgehead atoms. The van der Waals surface area contributed by atoms with Crippen LogP contribution in [0.3, 0.4) is 0 Å². The number of hydrogen-bond acceptors (Lipinski definition) is 5. The SMILES string of the molecule is CCOC(=O)c1cc(NC(=O)NCCC[NH+]2CCOCC2)c(C)nc1C. The van der Waals surface area contributed by atoms with Crippen LogP contribution in [-0.4, -0.2) is 63.0 Å². The van der Waals surface area contributed by atoms with Crippen LogP contribution in [0.4, 0.5) is 10.5 Å². The number of carbonyl (C=O) groups excluding carboxylic acids is 2. The normalized spacial score (nSPS) is 14.7. The lowest BCUT2D eigenvalue weighted by Gasteiger charge is -2.23. The molecule has 0 atom stereocenters. The van der Waals surface area contributed by atoms with E-state index in [-0.39, 0.29) is 6.03 Å². The molecule has 1 fully saturated rings.